The van der Waals surface area contributed by atoms with Gasteiger partial charge in [-0.25, -0.2) is 4.79 Å². The van der Waals surface area contributed by atoms with Crippen LogP contribution in [0.1, 0.15) is 56.6 Å². The second kappa shape index (κ2) is 9.06. The molecular weight excluding hydrogens is 436 g/mol. The minimum Gasteiger partial charge on any atom is -0.481 e. The minimum absolute atomic E-state index is 0.101. The van der Waals surface area contributed by atoms with E-state index in [2.05, 4.69) is 5.32 Å². The highest BCUT2D eigenvalue weighted by Crippen LogP contribution is 2.39. The Morgan fingerprint density at radius 2 is 2.06 bits per heavy atom. The zero-order valence-electron chi connectivity index (χ0n) is 19.6. The van der Waals surface area contributed by atoms with Gasteiger partial charge >= 0.3 is 5.63 Å². The lowest BCUT2D eigenvalue weighted by molar-refractivity contribution is -0.144. The largest absolute Gasteiger partial charge is 0.481 e. The van der Waals surface area contributed by atoms with Gasteiger partial charge in [0.2, 0.25) is 5.91 Å². The van der Waals surface area contributed by atoms with Crippen molar-refractivity contribution < 1.29 is 23.8 Å². The minimum atomic E-state index is -0.823. The van der Waals surface area contributed by atoms with E-state index in [1.165, 1.54) is 0 Å². The fourth-order valence-electron chi connectivity index (χ4n) is 5.81. The molecule has 1 aliphatic heterocycles. The lowest BCUT2D eigenvalue weighted by atomic mass is 9.71. The van der Waals surface area contributed by atoms with Crippen LogP contribution in [0.25, 0.3) is 11.0 Å². The number of nitrogens with one attached hydrogen (secondary N) is 1. The molecule has 2 fully saturated rings. The normalized spacial score (nSPS) is 24.9. The average molecular weight is 469 g/mol. The van der Waals surface area contributed by atoms with Crippen LogP contribution in [0.5, 0.6) is 5.75 Å². The second-order valence-electron chi connectivity index (χ2n) is 9.97. The Bertz CT molecular complexity index is 1170. The molecule has 2 aliphatic carbocycles. The van der Waals surface area contributed by atoms with Crippen molar-refractivity contribution in [2.45, 2.75) is 70.0 Å². The van der Waals surface area contributed by atoms with E-state index < -0.39 is 17.6 Å². The average Bonchev–Trinajstić information content (AvgIpc) is 3.32. The molecule has 182 valence electrons. The molecule has 2 N–H and O–H groups in total. The monoisotopic (exact) mass is 468 g/mol. The molecule has 1 aromatic heterocycles. The molecule has 1 saturated carbocycles. The number of aryl methyl sites for hydroxylation is 1. The highest BCUT2D eigenvalue weighted by molar-refractivity contribution is 5.87. The third-order valence-electron chi connectivity index (χ3n) is 7.82. The van der Waals surface area contributed by atoms with Crippen LogP contribution in [0.4, 0.5) is 0 Å². The standard InChI is InChI=1S/C26H32N2O6/c1-16(33-18-8-9-20-19-6-4-7-21(19)25(31)34-22(20)13-18)24(30)27-14-23(29)28-12-11-26(32)10-3-2-5-17(26)15-28/h8-9,13,16-17,32H,2-7,10-12,14-15H2,1H3,(H,27,30)/t16-,17-,26-/m1/s1. The van der Waals surface area contributed by atoms with Crippen LogP contribution in [-0.4, -0.2) is 53.2 Å². The van der Waals surface area contributed by atoms with Gasteiger partial charge in [-0.05, 0) is 63.1 Å². The molecule has 8 nitrogen and oxygen atoms in total. The summed E-state index contributed by atoms with van der Waals surface area (Å²) in [7, 11) is 0. The Hall–Kier alpha value is -2.87. The van der Waals surface area contributed by atoms with E-state index in [0.29, 0.717) is 30.8 Å². The fraction of sp³-hybridized carbons (Fsp3) is 0.577. The molecular formula is C26H32N2O6. The van der Waals surface area contributed by atoms with Gasteiger partial charge in [-0.3, -0.25) is 9.59 Å². The molecule has 2 amide bonds. The third-order valence-corrected chi connectivity index (χ3v) is 7.82. The van der Waals surface area contributed by atoms with E-state index in [1.54, 1.807) is 24.0 Å². The number of benzene rings is 1. The quantitative estimate of drug-likeness (QED) is 0.652. The number of likely N-dealkylation sites (tertiary alicyclic amines) is 1. The molecule has 34 heavy (non-hydrogen) atoms. The summed E-state index contributed by atoms with van der Waals surface area (Å²) < 4.78 is 11.2. The molecule has 8 heteroatoms. The van der Waals surface area contributed by atoms with E-state index in [0.717, 1.165) is 61.5 Å². The smallest absolute Gasteiger partial charge is 0.339 e. The van der Waals surface area contributed by atoms with Gasteiger partial charge in [-0.2, -0.15) is 0 Å². The molecule has 2 heterocycles. The summed E-state index contributed by atoms with van der Waals surface area (Å²) in [4.78, 5) is 39.2. The van der Waals surface area contributed by atoms with Crippen molar-refractivity contribution in [3.63, 3.8) is 0 Å². The summed E-state index contributed by atoms with van der Waals surface area (Å²) in [5.74, 6) is 0.00539. The van der Waals surface area contributed by atoms with E-state index in [4.69, 9.17) is 9.15 Å². The Morgan fingerprint density at radius 1 is 1.24 bits per heavy atom. The van der Waals surface area contributed by atoms with Gasteiger partial charge in [0.05, 0.1) is 12.1 Å². The van der Waals surface area contributed by atoms with Gasteiger partial charge in [0.25, 0.3) is 5.91 Å². The van der Waals surface area contributed by atoms with Crippen molar-refractivity contribution in [1.82, 2.24) is 10.2 Å². The summed E-state index contributed by atoms with van der Waals surface area (Å²) in [6.07, 6.45) is 6.21. The van der Waals surface area contributed by atoms with Crippen molar-refractivity contribution in [3.8, 4) is 5.75 Å². The van der Waals surface area contributed by atoms with Crippen molar-refractivity contribution in [2.24, 2.45) is 5.92 Å². The van der Waals surface area contributed by atoms with E-state index in [-0.39, 0.29) is 24.0 Å². The molecule has 5 rings (SSSR count). The summed E-state index contributed by atoms with van der Waals surface area (Å²) in [5.41, 5.74) is 1.33. The molecule has 0 bridgehead atoms. The summed E-state index contributed by atoms with van der Waals surface area (Å²) >= 11 is 0. The first-order valence-electron chi connectivity index (χ1n) is 12.4. The first kappa shape index (κ1) is 22.9. The van der Waals surface area contributed by atoms with Crippen molar-refractivity contribution >= 4 is 22.8 Å². The zero-order valence-corrected chi connectivity index (χ0v) is 19.6. The lowest BCUT2D eigenvalue weighted by Gasteiger charge is -2.47. The van der Waals surface area contributed by atoms with Crippen LogP contribution in [0.2, 0.25) is 0 Å². The van der Waals surface area contributed by atoms with Gasteiger partial charge in [0.1, 0.15) is 11.3 Å². The van der Waals surface area contributed by atoms with Crippen molar-refractivity contribution in [1.29, 1.82) is 0 Å². The first-order valence-corrected chi connectivity index (χ1v) is 12.4. The number of piperidine rings is 1. The highest BCUT2D eigenvalue weighted by Gasteiger charge is 2.43. The maximum atomic E-state index is 12.7. The van der Waals surface area contributed by atoms with E-state index in [1.807, 2.05) is 6.07 Å². The maximum absolute atomic E-state index is 12.7. The summed E-state index contributed by atoms with van der Waals surface area (Å²) in [5, 5.41) is 14.4. The predicted octanol–water partition coefficient (Wildman–Crippen LogP) is 2.32. The number of nitrogens with zero attached hydrogens (tertiary/aromatic N) is 1. The van der Waals surface area contributed by atoms with E-state index >= 15 is 0 Å². The maximum Gasteiger partial charge on any atom is 0.339 e. The molecule has 0 spiro atoms. The zero-order chi connectivity index (χ0) is 23.9. The molecule has 1 aromatic carbocycles. The number of ether oxygens (including phenoxy) is 1. The second-order valence-corrected chi connectivity index (χ2v) is 9.97. The summed E-state index contributed by atoms with van der Waals surface area (Å²) in [6, 6.07) is 5.28. The van der Waals surface area contributed by atoms with Crippen LogP contribution in [0.15, 0.2) is 27.4 Å². The van der Waals surface area contributed by atoms with Gasteiger partial charge in [-0.15, -0.1) is 0 Å². The highest BCUT2D eigenvalue weighted by atomic mass is 16.5. The summed E-state index contributed by atoms with van der Waals surface area (Å²) in [6.45, 7) is 2.57. The van der Waals surface area contributed by atoms with E-state index in [9.17, 15) is 19.5 Å². The topological polar surface area (TPSA) is 109 Å². The molecule has 1 saturated heterocycles. The number of carbonyl (C=O) groups is 2. The number of aliphatic hydroxyl groups is 1. The van der Waals surface area contributed by atoms with Crippen molar-refractivity contribution in [3.05, 3.63) is 39.7 Å². The number of rotatable bonds is 5. The SMILES string of the molecule is C[C@@H](Oc1ccc2c3c(c(=O)oc2c1)CCC3)C(=O)NCC(=O)N1CC[C@]2(O)CCCC[C@@H]2C1. The number of fused-ring (bicyclic) bond motifs is 4. The van der Waals surface area contributed by atoms with Gasteiger partial charge in [0, 0.05) is 36.0 Å². The van der Waals surface area contributed by atoms with Gasteiger partial charge in [0.15, 0.2) is 6.10 Å². The van der Waals surface area contributed by atoms with Crippen LogP contribution in [0, 0.1) is 5.92 Å². The van der Waals surface area contributed by atoms with Crippen LogP contribution in [-0.2, 0) is 22.4 Å². The Morgan fingerprint density at radius 3 is 2.91 bits per heavy atom. The van der Waals surface area contributed by atoms with Crippen LogP contribution in [0.3, 0.4) is 0 Å². The van der Waals surface area contributed by atoms with Crippen molar-refractivity contribution in [2.75, 3.05) is 19.6 Å². The third kappa shape index (κ3) is 4.31. The van der Waals surface area contributed by atoms with Gasteiger partial charge < -0.3 is 24.5 Å². The molecule has 2 aromatic rings. The molecule has 3 atom stereocenters. The number of carbonyl (C=O) groups excluding carboxylic acids is 2. The lowest BCUT2D eigenvalue weighted by Crippen LogP contribution is -2.56. The first-order chi connectivity index (χ1) is 16.3. The Balaban J connectivity index is 1.16. The fourth-order valence-corrected chi connectivity index (χ4v) is 5.81. The van der Waals surface area contributed by atoms with Crippen LogP contribution < -0.4 is 15.7 Å². The molecule has 0 unspecified atom stereocenters. The number of hydrogen-bond acceptors (Lipinski definition) is 6. The van der Waals surface area contributed by atoms with Gasteiger partial charge in [-0.1, -0.05) is 12.8 Å². The predicted molar refractivity (Wildman–Crippen MR) is 126 cm³/mol. The number of hydrogen-bond donors (Lipinski definition) is 2. The molecule has 0 radical (unpaired) electrons. The van der Waals surface area contributed by atoms with Crippen LogP contribution >= 0.6 is 0 Å². The molecule has 3 aliphatic rings. The Labute approximate surface area is 198 Å². The number of amides is 2. The Kier molecular flexibility index (Phi) is 6.10.